The zero-order valence-corrected chi connectivity index (χ0v) is 12.6. The second-order valence-corrected chi connectivity index (χ2v) is 8.56. The number of aromatic nitrogens is 2. The van der Waals surface area contributed by atoms with Crippen molar-refractivity contribution in [3.05, 3.63) is 26.6 Å². The fourth-order valence-corrected chi connectivity index (χ4v) is 5.91. The van der Waals surface area contributed by atoms with Gasteiger partial charge in [-0.05, 0) is 37.0 Å². The van der Waals surface area contributed by atoms with Crippen LogP contribution in [0.3, 0.4) is 0 Å². The van der Waals surface area contributed by atoms with Crippen molar-refractivity contribution in [3.63, 3.8) is 0 Å². The van der Waals surface area contributed by atoms with Crippen LogP contribution in [-0.2, 0) is 15.4 Å². The maximum atomic E-state index is 12.5. The van der Waals surface area contributed by atoms with E-state index < -0.39 is 15.4 Å². The predicted molar refractivity (Wildman–Crippen MR) is 78.2 cm³/mol. The van der Waals surface area contributed by atoms with E-state index >= 15 is 0 Å². The molecular formula is C11H12N2O3S3. The van der Waals surface area contributed by atoms with E-state index in [2.05, 4.69) is 4.98 Å². The molecule has 2 aromatic heterocycles. The molecule has 0 amide bonds. The molecule has 3 rings (SSSR count). The first-order chi connectivity index (χ1) is 8.82. The maximum absolute atomic E-state index is 12.5. The predicted octanol–water partition coefficient (Wildman–Crippen LogP) is 1.65. The van der Waals surface area contributed by atoms with E-state index in [4.69, 9.17) is 12.2 Å². The van der Waals surface area contributed by atoms with Crippen molar-refractivity contribution in [3.8, 4) is 0 Å². The quantitative estimate of drug-likeness (QED) is 0.812. The van der Waals surface area contributed by atoms with Crippen LogP contribution in [0.4, 0.5) is 0 Å². The van der Waals surface area contributed by atoms with E-state index in [1.165, 1.54) is 15.9 Å². The van der Waals surface area contributed by atoms with Gasteiger partial charge < -0.3 is 4.98 Å². The fraction of sp³-hybridized carbons (Fsp3) is 0.455. The second kappa shape index (κ2) is 4.00. The molecule has 1 fully saturated rings. The van der Waals surface area contributed by atoms with Gasteiger partial charge >= 0.3 is 0 Å². The average molecular weight is 316 g/mol. The van der Waals surface area contributed by atoms with Crippen LogP contribution >= 0.6 is 23.6 Å². The number of nitrogens with one attached hydrogen (secondary N) is 1. The summed E-state index contributed by atoms with van der Waals surface area (Å²) in [6.07, 6.45) is 0.420. The molecule has 3 heterocycles. The van der Waals surface area contributed by atoms with E-state index in [9.17, 15) is 13.2 Å². The van der Waals surface area contributed by atoms with Gasteiger partial charge in [0.1, 0.15) is 4.70 Å². The first-order valence-electron chi connectivity index (χ1n) is 5.76. The highest BCUT2D eigenvalue weighted by Crippen LogP contribution is 2.30. The van der Waals surface area contributed by atoms with Crippen molar-refractivity contribution in [2.45, 2.75) is 18.9 Å². The molecule has 1 unspecified atom stereocenters. The van der Waals surface area contributed by atoms with Crippen LogP contribution in [0.15, 0.2) is 16.2 Å². The summed E-state index contributed by atoms with van der Waals surface area (Å²) in [6, 6.07) is 1.80. The molecule has 1 aliphatic rings. The highest BCUT2D eigenvalue weighted by atomic mass is 32.2. The van der Waals surface area contributed by atoms with Gasteiger partial charge in [0.15, 0.2) is 14.6 Å². The van der Waals surface area contributed by atoms with E-state index in [0.717, 1.165) is 0 Å². The standard InChI is InChI=1S/C11H12N2O3S3/c1-11(3-5-19(15,16)6-11)13-9(14)8-7(2-4-18-8)12-10(13)17/h2,4H,3,5-6H2,1H3,(H,12,17). The lowest BCUT2D eigenvalue weighted by molar-refractivity contribution is 0.348. The van der Waals surface area contributed by atoms with Gasteiger partial charge in [-0.25, -0.2) is 8.42 Å². The SMILES string of the molecule is CC1(n2c(=S)[nH]c3ccsc3c2=O)CCS(=O)(=O)C1. The number of fused-ring (bicyclic) bond motifs is 1. The highest BCUT2D eigenvalue weighted by Gasteiger charge is 2.41. The van der Waals surface area contributed by atoms with Crippen molar-refractivity contribution < 1.29 is 8.42 Å². The van der Waals surface area contributed by atoms with Gasteiger partial charge in [-0.2, -0.15) is 0 Å². The minimum absolute atomic E-state index is 0.0335. The van der Waals surface area contributed by atoms with Gasteiger partial charge in [0.25, 0.3) is 5.56 Å². The third-order valence-corrected chi connectivity index (χ3v) is 6.60. The monoisotopic (exact) mass is 316 g/mol. The molecule has 19 heavy (non-hydrogen) atoms. The highest BCUT2D eigenvalue weighted by molar-refractivity contribution is 7.91. The average Bonchev–Trinajstić information content (AvgIpc) is 2.83. The van der Waals surface area contributed by atoms with E-state index in [1.807, 2.05) is 5.38 Å². The molecule has 0 saturated carbocycles. The molecule has 1 N–H and O–H groups in total. The van der Waals surface area contributed by atoms with Gasteiger partial charge in [-0.15, -0.1) is 11.3 Å². The molecule has 2 aromatic rings. The Morgan fingerprint density at radius 1 is 1.53 bits per heavy atom. The Bertz CT molecular complexity index is 874. The van der Waals surface area contributed by atoms with Crippen molar-refractivity contribution in [1.82, 2.24) is 9.55 Å². The normalized spacial score (nSPS) is 25.9. The molecule has 0 bridgehead atoms. The molecule has 1 atom stereocenters. The lowest BCUT2D eigenvalue weighted by atomic mass is 10.0. The zero-order chi connectivity index (χ0) is 13.8. The third kappa shape index (κ3) is 1.98. The summed E-state index contributed by atoms with van der Waals surface area (Å²) in [7, 11) is -3.09. The molecule has 8 heteroatoms. The minimum atomic E-state index is -3.09. The number of sulfone groups is 1. The molecule has 102 valence electrons. The topological polar surface area (TPSA) is 71.9 Å². The largest absolute Gasteiger partial charge is 0.331 e. The summed E-state index contributed by atoms with van der Waals surface area (Å²) in [5.74, 6) is 0.0709. The Balaban J connectivity index is 2.32. The molecule has 1 saturated heterocycles. The van der Waals surface area contributed by atoms with E-state index in [0.29, 0.717) is 16.6 Å². The van der Waals surface area contributed by atoms with Crippen LogP contribution in [0.1, 0.15) is 13.3 Å². The summed E-state index contributed by atoms with van der Waals surface area (Å²) >= 11 is 6.57. The zero-order valence-electron chi connectivity index (χ0n) is 10.2. The van der Waals surface area contributed by atoms with Crippen molar-refractivity contribution >= 4 is 43.6 Å². The summed E-state index contributed by atoms with van der Waals surface area (Å²) in [6.45, 7) is 1.78. The number of rotatable bonds is 1. The van der Waals surface area contributed by atoms with Crippen LogP contribution < -0.4 is 5.56 Å². The van der Waals surface area contributed by atoms with Crippen molar-refractivity contribution in [2.24, 2.45) is 0 Å². The number of thiophene rings is 1. The molecule has 0 radical (unpaired) electrons. The number of hydrogen-bond donors (Lipinski definition) is 1. The maximum Gasteiger partial charge on any atom is 0.272 e. The molecular weight excluding hydrogens is 304 g/mol. The van der Waals surface area contributed by atoms with Gasteiger partial charge in [0, 0.05) is 0 Å². The Morgan fingerprint density at radius 2 is 2.26 bits per heavy atom. The Labute approximate surface area is 118 Å². The van der Waals surface area contributed by atoms with Gasteiger partial charge in [-0.1, -0.05) is 0 Å². The van der Waals surface area contributed by atoms with Gasteiger partial charge in [0.05, 0.1) is 22.6 Å². The number of nitrogens with zero attached hydrogens (tertiary/aromatic N) is 1. The molecule has 5 nitrogen and oxygen atoms in total. The van der Waals surface area contributed by atoms with E-state index in [-0.39, 0.29) is 21.8 Å². The minimum Gasteiger partial charge on any atom is -0.331 e. The number of H-pyrrole nitrogens is 1. The molecule has 1 aliphatic heterocycles. The van der Waals surface area contributed by atoms with Crippen LogP contribution in [0.5, 0.6) is 0 Å². The smallest absolute Gasteiger partial charge is 0.272 e. The van der Waals surface area contributed by atoms with Gasteiger partial charge in [-0.3, -0.25) is 9.36 Å². The molecule has 0 aromatic carbocycles. The first-order valence-corrected chi connectivity index (χ1v) is 8.87. The van der Waals surface area contributed by atoms with Crippen molar-refractivity contribution in [2.75, 3.05) is 11.5 Å². The van der Waals surface area contributed by atoms with E-state index in [1.54, 1.807) is 13.0 Å². The summed E-state index contributed by atoms with van der Waals surface area (Å²) in [4.78, 5) is 15.5. The fourth-order valence-electron chi connectivity index (χ4n) is 2.60. The Morgan fingerprint density at radius 3 is 2.89 bits per heavy atom. The van der Waals surface area contributed by atoms with Crippen molar-refractivity contribution in [1.29, 1.82) is 0 Å². The first kappa shape index (κ1) is 13.0. The van der Waals surface area contributed by atoms with Crippen LogP contribution in [0.2, 0.25) is 0 Å². The Hall–Kier alpha value is -0.990. The summed E-state index contributed by atoms with van der Waals surface area (Å²) in [5.41, 5.74) is -0.240. The summed E-state index contributed by atoms with van der Waals surface area (Å²) < 4.78 is 25.7. The summed E-state index contributed by atoms with van der Waals surface area (Å²) in [5, 5.41) is 1.81. The van der Waals surface area contributed by atoms with Crippen LogP contribution in [0.25, 0.3) is 10.2 Å². The molecule has 0 spiro atoms. The lowest BCUT2D eigenvalue weighted by Gasteiger charge is -2.25. The second-order valence-electron chi connectivity index (χ2n) is 5.07. The Kier molecular flexibility index (Phi) is 2.74. The number of hydrogen-bond acceptors (Lipinski definition) is 5. The van der Waals surface area contributed by atoms with Crippen LogP contribution in [-0.4, -0.2) is 29.5 Å². The number of aromatic amines is 1. The third-order valence-electron chi connectivity index (χ3n) is 3.53. The lowest BCUT2D eigenvalue weighted by Crippen LogP contribution is -2.40. The van der Waals surface area contributed by atoms with Gasteiger partial charge in [0.2, 0.25) is 0 Å². The van der Waals surface area contributed by atoms with Crippen LogP contribution in [0, 0.1) is 4.77 Å². The molecule has 0 aliphatic carbocycles.